The van der Waals surface area contributed by atoms with Crippen LogP contribution in [0.5, 0.6) is 0 Å². The topological polar surface area (TPSA) is 20.3 Å². The van der Waals surface area contributed by atoms with Crippen molar-refractivity contribution in [3.63, 3.8) is 0 Å². The van der Waals surface area contributed by atoms with E-state index in [1.807, 2.05) is 24.3 Å². The summed E-state index contributed by atoms with van der Waals surface area (Å²) in [7, 11) is 0. The fourth-order valence-corrected chi connectivity index (χ4v) is 1.85. The van der Waals surface area contributed by atoms with E-state index in [4.69, 9.17) is 0 Å². The second-order valence-electron chi connectivity index (χ2n) is 4.11. The van der Waals surface area contributed by atoms with Gasteiger partial charge in [0.05, 0.1) is 0 Å². The molecule has 2 radical (unpaired) electrons. The van der Waals surface area contributed by atoms with E-state index in [1.54, 1.807) is 11.8 Å². The number of para-hydroxylation sites is 1. The summed E-state index contributed by atoms with van der Waals surface area (Å²) in [5.41, 5.74) is 1.96. The van der Waals surface area contributed by atoms with Crippen LogP contribution in [0.1, 0.15) is 26.3 Å². The maximum Gasteiger partial charge on any atom is 0.224 e. The van der Waals surface area contributed by atoms with Crippen molar-refractivity contribution in [2.75, 3.05) is 4.90 Å². The van der Waals surface area contributed by atoms with Crippen molar-refractivity contribution in [1.82, 2.24) is 0 Å². The molecule has 1 aliphatic rings. The summed E-state index contributed by atoms with van der Waals surface area (Å²) in [4.78, 5) is 13.0. The van der Waals surface area contributed by atoms with Gasteiger partial charge in [-0.2, -0.15) is 0 Å². The summed E-state index contributed by atoms with van der Waals surface area (Å²) in [6.45, 7) is 8.87. The number of rotatable bonds is 0. The zero-order valence-corrected chi connectivity index (χ0v) is 8.66. The van der Waals surface area contributed by atoms with Crippen LogP contribution in [0.4, 0.5) is 5.69 Å². The monoisotopic (exact) mass is 187 g/mol. The Kier molecular flexibility index (Phi) is 1.88. The Morgan fingerprint density at radius 1 is 1.36 bits per heavy atom. The van der Waals surface area contributed by atoms with E-state index in [2.05, 4.69) is 20.4 Å². The summed E-state index contributed by atoms with van der Waals surface area (Å²) >= 11 is 0. The van der Waals surface area contributed by atoms with Crippen LogP contribution in [0, 0.1) is 6.54 Å². The second-order valence-corrected chi connectivity index (χ2v) is 4.11. The maximum absolute atomic E-state index is 11.4. The van der Waals surface area contributed by atoms with Crippen molar-refractivity contribution >= 4 is 11.6 Å². The quantitative estimate of drug-likeness (QED) is 0.610. The number of anilines is 1. The SMILES string of the molecule is CC(=O)N1[C]C(C)(C)c2ccccc21. The predicted octanol–water partition coefficient (Wildman–Crippen LogP) is 2.37. The number of hydrogen-bond donors (Lipinski definition) is 0. The Morgan fingerprint density at radius 2 is 2.00 bits per heavy atom. The lowest BCUT2D eigenvalue weighted by Crippen LogP contribution is -2.26. The van der Waals surface area contributed by atoms with Crippen LogP contribution in [-0.4, -0.2) is 5.91 Å². The van der Waals surface area contributed by atoms with Crippen LogP contribution < -0.4 is 4.90 Å². The fraction of sp³-hybridized carbons (Fsp3) is 0.333. The van der Waals surface area contributed by atoms with Gasteiger partial charge in [-0.25, -0.2) is 0 Å². The van der Waals surface area contributed by atoms with Crippen LogP contribution in [0.25, 0.3) is 0 Å². The van der Waals surface area contributed by atoms with Crippen molar-refractivity contribution in [1.29, 1.82) is 0 Å². The molecule has 2 rings (SSSR count). The summed E-state index contributed by atoms with van der Waals surface area (Å²) in [5.74, 6) is 0.0167. The Labute approximate surface area is 84.5 Å². The van der Waals surface area contributed by atoms with E-state index in [0.29, 0.717) is 0 Å². The first kappa shape index (κ1) is 9.25. The van der Waals surface area contributed by atoms with Crippen molar-refractivity contribution < 1.29 is 4.79 Å². The lowest BCUT2D eigenvalue weighted by Gasteiger charge is -2.17. The van der Waals surface area contributed by atoms with Gasteiger partial charge >= 0.3 is 0 Å². The first-order valence-electron chi connectivity index (χ1n) is 4.70. The molecule has 1 aliphatic heterocycles. The van der Waals surface area contributed by atoms with Gasteiger partial charge in [0.25, 0.3) is 0 Å². The predicted molar refractivity (Wildman–Crippen MR) is 55.9 cm³/mol. The molecule has 2 nitrogen and oxygen atoms in total. The molecule has 0 fully saturated rings. The fourth-order valence-electron chi connectivity index (χ4n) is 1.85. The van der Waals surface area contributed by atoms with E-state index < -0.39 is 0 Å². The highest BCUT2D eigenvalue weighted by Crippen LogP contribution is 2.42. The zero-order valence-electron chi connectivity index (χ0n) is 8.66. The molecular formula is C12H13NO. The van der Waals surface area contributed by atoms with Crippen LogP contribution >= 0.6 is 0 Å². The number of carbonyl (C=O) groups excluding carboxylic acids is 1. The second kappa shape index (κ2) is 2.84. The first-order valence-corrected chi connectivity index (χ1v) is 4.70. The summed E-state index contributed by atoms with van der Waals surface area (Å²) in [6.07, 6.45) is 0. The Balaban J connectivity index is 2.55. The average molecular weight is 187 g/mol. The number of benzene rings is 1. The Hall–Kier alpha value is -1.31. The van der Waals surface area contributed by atoms with Gasteiger partial charge in [-0.1, -0.05) is 32.0 Å². The van der Waals surface area contributed by atoms with Crippen molar-refractivity contribution in [2.45, 2.75) is 26.2 Å². The van der Waals surface area contributed by atoms with Crippen LogP contribution in [0.2, 0.25) is 0 Å². The molecule has 0 aromatic heterocycles. The average Bonchev–Trinajstić information content (AvgIpc) is 2.40. The van der Waals surface area contributed by atoms with Crippen LogP contribution in [0.3, 0.4) is 0 Å². The highest BCUT2D eigenvalue weighted by atomic mass is 16.2. The van der Waals surface area contributed by atoms with Crippen molar-refractivity contribution in [2.24, 2.45) is 0 Å². The van der Waals surface area contributed by atoms with Crippen molar-refractivity contribution in [3.8, 4) is 0 Å². The van der Waals surface area contributed by atoms with Gasteiger partial charge in [0.2, 0.25) is 5.91 Å². The molecule has 0 saturated carbocycles. The molecule has 0 aliphatic carbocycles. The Bertz CT molecular complexity index is 382. The van der Waals surface area contributed by atoms with Gasteiger partial charge in [0, 0.05) is 18.0 Å². The molecular weight excluding hydrogens is 174 g/mol. The van der Waals surface area contributed by atoms with Gasteiger partial charge in [0.1, 0.15) is 6.54 Å². The summed E-state index contributed by atoms with van der Waals surface area (Å²) in [6, 6.07) is 7.94. The van der Waals surface area contributed by atoms with E-state index in [0.717, 1.165) is 11.3 Å². The molecule has 1 heterocycles. The standard InChI is InChI=1S/C12H13NO/c1-9(14)13-8-12(2,3)10-6-4-5-7-11(10)13/h4-7H,1-3H3. The van der Waals surface area contributed by atoms with Crippen molar-refractivity contribution in [3.05, 3.63) is 36.4 Å². The van der Waals surface area contributed by atoms with Crippen LogP contribution in [0.15, 0.2) is 24.3 Å². The number of fused-ring (bicyclic) bond motifs is 1. The molecule has 0 bridgehead atoms. The van der Waals surface area contributed by atoms with Gasteiger partial charge < -0.3 is 4.90 Å². The maximum atomic E-state index is 11.4. The molecule has 0 atom stereocenters. The number of nitrogens with zero attached hydrogens (tertiary/aromatic N) is 1. The highest BCUT2D eigenvalue weighted by molar-refractivity contribution is 5.96. The minimum atomic E-state index is -0.164. The Morgan fingerprint density at radius 3 is 2.64 bits per heavy atom. The molecule has 2 heteroatoms. The van der Waals surface area contributed by atoms with Gasteiger partial charge in [-0.15, -0.1) is 0 Å². The number of carbonyl (C=O) groups is 1. The lowest BCUT2D eigenvalue weighted by atomic mass is 9.87. The molecule has 1 amide bonds. The normalized spacial score (nSPS) is 18.1. The lowest BCUT2D eigenvalue weighted by molar-refractivity contribution is -0.116. The molecule has 14 heavy (non-hydrogen) atoms. The third-order valence-electron chi connectivity index (χ3n) is 2.52. The van der Waals surface area contributed by atoms with Crippen LogP contribution in [-0.2, 0) is 10.2 Å². The van der Waals surface area contributed by atoms with E-state index >= 15 is 0 Å². The first-order chi connectivity index (χ1) is 6.52. The van der Waals surface area contributed by atoms with Gasteiger partial charge in [-0.05, 0) is 11.6 Å². The summed E-state index contributed by atoms with van der Waals surface area (Å²) < 4.78 is 0. The molecule has 1 aromatic rings. The molecule has 0 N–H and O–H groups in total. The number of amides is 1. The minimum Gasteiger partial charge on any atom is -0.300 e. The summed E-state index contributed by atoms with van der Waals surface area (Å²) in [5, 5.41) is 0. The molecule has 1 aromatic carbocycles. The van der Waals surface area contributed by atoms with Gasteiger partial charge in [0.15, 0.2) is 0 Å². The minimum absolute atomic E-state index is 0.0167. The third-order valence-corrected chi connectivity index (χ3v) is 2.52. The van der Waals surface area contributed by atoms with E-state index in [-0.39, 0.29) is 11.3 Å². The molecule has 0 spiro atoms. The van der Waals surface area contributed by atoms with E-state index in [1.165, 1.54) is 0 Å². The third kappa shape index (κ3) is 1.22. The molecule has 0 saturated heterocycles. The van der Waals surface area contributed by atoms with E-state index in [9.17, 15) is 4.79 Å². The largest absolute Gasteiger partial charge is 0.300 e. The van der Waals surface area contributed by atoms with Gasteiger partial charge in [-0.3, -0.25) is 4.79 Å². The number of hydrogen-bond acceptors (Lipinski definition) is 1. The highest BCUT2D eigenvalue weighted by Gasteiger charge is 2.37. The smallest absolute Gasteiger partial charge is 0.224 e. The molecule has 0 unspecified atom stereocenters. The molecule has 72 valence electrons. The zero-order chi connectivity index (χ0) is 10.3.